The lowest BCUT2D eigenvalue weighted by Gasteiger charge is -2.23. The molecule has 1 aromatic heterocycles. The van der Waals surface area contributed by atoms with Crippen LogP contribution in [0, 0.1) is 5.92 Å². The monoisotopic (exact) mass is 253 g/mol. The fourth-order valence-corrected chi connectivity index (χ4v) is 3.90. The molecule has 0 saturated carbocycles. The summed E-state index contributed by atoms with van der Waals surface area (Å²) in [5, 5.41) is 7.89. The van der Waals surface area contributed by atoms with Crippen molar-refractivity contribution in [2.75, 3.05) is 18.1 Å². The third kappa shape index (κ3) is 3.75. The van der Waals surface area contributed by atoms with Gasteiger partial charge in [-0.15, -0.1) is 0 Å². The number of aromatic nitrogens is 2. The topological polar surface area (TPSA) is 29.9 Å². The Labute approximate surface area is 108 Å². The van der Waals surface area contributed by atoms with Gasteiger partial charge in [-0.25, -0.2) is 0 Å². The van der Waals surface area contributed by atoms with Gasteiger partial charge in [-0.3, -0.25) is 4.68 Å². The average Bonchev–Trinajstić information content (AvgIpc) is 2.95. The largest absolute Gasteiger partial charge is 0.314 e. The molecule has 1 aliphatic heterocycles. The van der Waals surface area contributed by atoms with Gasteiger partial charge >= 0.3 is 0 Å². The summed E-state index contributed by atoms with van der Waals surface area (Å²) in [5.74, 6) is 3.56. The van der Waals surface area contributed by atoms with Gasteiger partial charge in [0.2, 0.25) is 0 Å². The molecule has 0 spiro atoms. The van der Waals surface area contributed by atoms with Crippen molar-refractivity contribution < 1.29 is 0 Å². The molecule has 2 rings (SSSR count). The van der Waals surface area contributed by atoms with E-state index in [1.807, 2.05) is 17.9 Å². The van der Waals surface area contributed by atoms with Crippen LogP contribution in [0.25, 0.3) is 0 Å². The van der Waals surface area contributed by atoms with E-state index in [-0.39, 0.29) is 0 Å². The summed E-state index contributed by atoms with van der Waals surface area (Å²) in [7, 11) is 1.99. The van der Waals surface area contributed by atoms with Crippen molar-refractivity contribution in [2.45, 2.75) is 32.2 Å². The number of nitrogens with zero attached hydrogens (tertiary/aromatic N) is 2. The molecule has 2 unspecified atom stereocenters. The maximum Gasteiger partial charge on any atom is 0.0521 e. The summed E-state index contributed by atoms with van der Waals surface area (Å²) < 4.78 is 1.89. The lowest BCUT2D eigenvalue weighted by Crippen LogP contribution is -2.36. The average molecular weight is 253 g/mol. The highest BCUT2D eigenvalue weighted by Crippen LogP contribution is 2.28. The Morgan fingerprint density at radius 2 is 2.53 bits per heavy atom. The number of hydrogen-bond donors (Lipinski definition) is 1. The minimum atomic E-state index is 0.690. The first kappa shape index (κ1) is 13.0. The summed E-state index contributed by atoms with van der Waals surface area (Å²) >= 11 is 2.11. The molecule has 96 valence electrons. The molecule has 1 aromatic rings. The molecule has 17 heavy (non-hydrogen) atoms. The van der Waals surface area contributed by atoms with Crippen molar-refractivity contribution in [1.82, 2.24) is 15.1 Å². The van der Waals surface area contributed by atoms with Crippen LogP contribution in [0.15, 0.2) is 12.4 Å². The van der Waals surface area contributed by atoms with Gasteiger partial charge in [0, 0.05) is 19.3 Å². The molecule has 3 nitrogen and oxygen atoms in total. The molecule has 0 radical (unpaired) electrons. The smallest absolute Gasteiger partial charge is 0.0521 e. The van der Waals surface area contributed by atoms with Gasteiger partial charge in [-0.05, 0) is 48.8 Å². The molecule has 2 atom stereocenters. The molecule has 0 bridgehead atoms. The van der Waals surface area contributed by atoms with Gasteiger partial charge in [0.25, 0.3) is 0 Å². The van der Waals surface area contributed by atoms with E-state index in [9.17, 15) is 0 Å². The van der Waals surface area contributed by atoms with Crippen LogP contribution in [-0.2, 0) is 13.5 Å². The molecular formula is C13H23N3S. The van der Waals surface area contributed by atoms with Gasteiger partial charge in [-0.1, -0.05) is 6.92 Å². The Morgan fingerprint density at radius 3 is 3.12 bits per heavy atom. The van der Waals surface area contributed by atoms with Crippen molar-refractivity contribution in [3.05, 3.63) is 18.0 Å². The second kappa shape index (κ2) is 6.45. The number of rotatable bonds is 6. The predicted octanol–water partition coefficient (Wildman–Crippen LogP) is 2.08. The van der Waals surface area contributed by atoms with Crippen molar-refractivity contribution in [2.24, 2.45) is 13.0 Å². The second-order valence-electron chi connectivity index (χ2n) is 4.85. The van der Waals surface area contributed by atoms with Gasteiger partial charge in [0.05, 0.1) is 6.20 Å². The molecule has 0 aromatic carbocycles. The zero-order chi connectivity index (χ0) is 12.1. The Balaban J connectivity index is 1.84. The maximum absolute atomic E-state index is 4.23. The highest BCUT2D eigenvalue weighted by atomic mass is 32.2. The number of hydrogen-bond acceptors (Lipinski definition) is 3. The van der Waals surface area contributed by atoms with Crippen LogP contribution in [0.4, 0.5) is 0 Å². The maximum atomic E-state index is 4.23. The molecule has 0 aliphatic carbocycles. The first-order chi connectivity index (χ1) is 8.29. The van der Waals surface area contributed by atoms with Crippen molar-refractivity contribution >= 4 is 11.8 Å². The van der Waals surface area contributed by atoms with E-state index in [0.29, 0.717) is 6.04 Å². The van der Waals surface area contributed by atoms with Gasteiger partial charge < -0.3 is 5.32 Å². The molecule has 1 N–H and O–H groups in total. The second-order valence-corrected chi connectivity index (χ2v) is 6.00. The summed E-state index contributed by atoms with van der Waals surface area (Å²) in [6, 6.07) is 0.690. The first-order valence-corrected chi connectivity index (χ1v) is 7.73. The van der Waals surface area contributed by atoms with E-state index >= 15 is 0 Å². The van der Waals surface area contributed by atoms with E-state index in [0.717, 1.165) is 18.9 Å². The third-order valence-corrected chi connectivity index (χ3v) is 4.69. The lowest BCUT2D eigenvalue weighted by molar-refractivity contribution is 0.369. The number of thioether (sulfide) groups is 1. The Morgan fingerprint density at radius 1 is 1.65 bits per heavy atom. The van der Waals surface area contributed by atoms with Crippen molar-refractivity contribution in [1.29, 1.82) is 0 Å². The summed E-state index contributed by atoms with van der Waals surface area (Å²) in [6.07, 6.45) is 7.89. The van der Waals surface area contributed by atoms with E-state index in [1.165, 1.54) is 29.9 Å². The van der Waals surface area contributed by atoms with E-state index in [1.54, 1.807) is 0 Å². The highest BCUT2D eigenvalue weighted by Gasteiger charge is 2.24. The quantitative estimate of drug-likeness (QED) is 0.842. The zero-order valence-corrected chi connectivity index (χ0v) is 11.7. The van der Waals surface area contributed by atoms with Crippen LogP contribution < -0.4 is 5.32 Å². The molecule has 0 amide bonds. The van der Waals surface area contributed by atoms with Crippen LogP contribution in [-0.4, -0.2) is 33.9 Å². The van der Waals surface area contributed by atoms with Crippen LogP contribution in [0.1, 0.15) is 25.3 Å². The summed E-state index contributed by atoms with van der Waals surface area (Å²) in [4.78, 5) is 0. The molecule has 4 heteroatoms. The summed E-state index contributed by atoms with van der Waals surface area (Å²) in [6.45, 7) is 3.29. The van der Waals surface area contributed by atoms with Crippen LogP contribution in [0.5, 0.6) is 0 Å². The van der Waals surface area contributed by atoms with Crippen LogP contribution in [0.3, 0.4) is 0 Å². The fraction of sp³-hybridized carbons (Fsp3) is 0.769. The van der Waals surface area contributed by atoms with E-state index in [2.05, 4.69) is 35.3 Å². The molecular weight excluding hydrogens is 230 g/mol. The predicted molar refractivity (Wildman–Crippen MR) is 74.4 cm³/mol. The minimum absolute atomic E-state index is 0.690. The Hall–Kier alpha value is -0.480. The standard InChI is InChI=1S/C13H23N3S/c1-3-14-13(12-6-7-17-10-12)5-4-11-8-15-16(2)9-11/h8-9,12-14H,3-7,10H2,1-2H3. The fourth-order valence-electron chi connectivity index (χ4n) is 2.56. The van der Waals surface area contributed by atoms with Crippen molar-refractivity contribution in [3.63, 3.8) is 0 Å². The molecule has 2 heterocycles. The van der Waals surface area contributed by atoms with Gasteiger partial charge in [-0.2, -0.15) is 16.9 Å². The van der Waals surface area contributed by atoms with Gasteiger partial charge in [0.15, 0.2) is 0 Å². The van der Waals surface area contributed by atoms with Crippen LogP contribution >= 0.6 is 11.8 Å². The first-order valence-electron chi connectivity index (χ1n) is 6.58. The SMILES string of the molecule is CCNC(CCc1cnn(C)c1)C1CCSC1. The van der Waals surface area contributed by atoms with E-state index < -0.39 is 0 Å². The lowest BCUT2D eigenvalue weighted by atomic mass is 9.94. The highest BCUT2D eigenvalue weighted by molar-refractivity contribution is 7.99. The Bertz CT molecular complexity index is 331. The Kier molecular flexibility index (Phi) is 4.92. The normalized spacial score (nSPS) is 21.9. The van der Waals surface area contributed by atoms with Gasteiger partial charge in [0.1, 0.15) is 0 Å². The summed E-state index contributed by atoms with van der Waals surface area (Å²) in [5.41, 5.74) is 1.36. The van der Waals surface area contributed by atoms with Crippen molar-refractivity contribution in [3.8, 4) is 0 Å². The zero-order valence-electron chi connectivity index (χ0n) is 10.9. The van der Waals surface area contributed by atoms with Crippen LogP contribution in [0.2, 0.25) is 0 Å². The molecule has 1 saturated heterocycles. The number of aryl methyl sites for hydroxylation is 2. The van der Waals surface area contributed by atoms with E-state index in [4.69, 9.17) is 0 Å². The number of nitrogens with one attached hydrogen (secondary N) is 1. The minimum Gasteiger partial charge on any atom is -0.314 e. The molecule has 1 fully saturated rings. The molecule has 1 aliphatic rings. The third-order valence-electron chi connectivity index (χ3n) is 3.50.